The number of pyridine rings is 1. The number of hydrazine groups is 1. The molecule has 0 atom stereocenters. The topological polar surface area (TPSA) is 104 Å². The maximum absolute atomic E-state index is 12.1. The Hall–Kier alpha value is -2.96. The van der Waals surface area contributed by atoms with Crippen LogP contribution in [-0.2, 0) is 0 Å². The van der Waals surface area contributed by atoms with Crippen molar-refractivity contribution in [1.82, 2.24) is 20.8 Å². The van der Waals surface area contributed by atoms with Crippen LogP contribution in [-0.4, -0.2) is 27.6 Å². The minimum atomic E-state index is -0.523. The quantitative estimate of drug-likeness (QED) is 0.587. The predicted octanol–water partition coefficient (Wildman–Crippen LogP) is 1.30. The third kappa shape index (κ3) is 3.03. The van der Waals surface area contributed by atoms with Crippen molar-refractivity contribution in [3.63, 3.8) is 0 Å². The maximum atomic E-state index is 12.1. The smallest absolute Gasteiger partial charge is 0.286 e. The molecule has 3 N–H and O–H groups in total. The molecule has 0 aliphatic carbocycles. The monoisotopic (exact) mass is 300 g/mol. The van der Waals surface area contributed by atoms with Crippen LogP contribution in [0.1, 0.15) is 49.4 Å². The molecule has 2 aromatic heterocycles. The summed E-state index contributed by atoms with van der Waals surface area (Å²) in [7, 11) is 0. The summed E-state index contributed by atoms with van der Waals surface area (Å²) in [6.45, 7) is 4.84. The van der Waals surface area contributed by atoms with E-state index in [1.807, 2.05) is 0 Å². The Kier molecular flexibility index (Phi) is 4.36. The first-order valence-corrected chi connectivity index (χ1v) is 6.62. The highest BCUT2D eigenvalue weighted by Crippen LogP contribution is 2.18. The molecule has 0 unspecified atom stereocenters. The second-order valence-corrected chi connectivity index (χ2v) is 4.83. The molecular formula is C15H16N4O3. The van der Waals surface area contributed by atoms with Crippen molar-refractivity contribution < 1.29 is 14.4 Å². The van der Waals surface area contributed by atoms with Gasteiger partial charge in [0.15, 0.2) is 5.78 Å². The van der Waals surface area contributed by atoms with Gasteiger partial charge in [-0.25, -0.2) is 0 Å². The second-order valence-electron chi connectivity index (χ2n) is 4.83. The Morgan fingerprint density at radius 3 is 2.36 bits per heavy atom. The molecule has 0 saturated carbocycles. The highest BCUT2D eigenvalue weighted by molar-refractivity contribution is 6.03. The van der Waals surface area contributed by atoms with Gasteiger partial charge < -0.3 is 4.98 Å². The van der Waals surface area contributed by atoms with Crippen LogP contribution in [0.25, 0.3) is 0 Å². The summed E-state index contributed by atoms with van der Waals surface area (Å²) in [5.74, 6) is -1.12. The summed E-state index contributed by atoms with van der Waals surface area (Å²) in [6.07, 6.45) is 2.93. The number of H-pyrrole nitrogens is 1. The largest absolute Gasteiger partial charge is 0.354 e. The van der Waals surface area contributed by atoms with Gasteiger partial charge in [-0.15, -0.1) is 0 Å². The summed E-state index contributed by atoms with van der Waals surface area (Å²) in [4.78, 5) is 42.1. The molecule has 2 aromatic rings. The van der Waals surface area contributed by atoms with E-state index in [1.165, 1.54) is 13.1 Å². The number of hydrogen-bond acceptors (Lipinski definition) is 4. The first kappa shape index (κ1) is 15.4. The van der Waals surface area contributed by atoms with Gasteiger partial charge in [-0.1, -0.05) is 0 Å². The molecule has 0 saturated heterocycles. The van der Waals surface area contributed by atoms with Gasteiger partial charge >= 0.3 is 0 Å². The Bertz CT molecular complexity index is 735. The zero-order valence-electron chi connectivity index (χ0n) is 12.5. The van der Waals surface area contributed by atoms with Crippen LogP contribution in [0, 0.1) is 13.8 Å². The van der Waals surface area contributed by atoms with Gasteiger partial charge in [-0.05, 0) is 38.5 Å². The Morgan fingerprint density at radius 2 is 1.82 bits per heavy atom. The van der Waals surface area contributed by atoms with Crippen molar-refractivity contribution in [2.45, 2.75) is 20.8 Å². The lowest BCUT2D eigenvalue weighted by Gasteiger charge is -2.07. The number of Topliss-reactive ketones (excluding diaryl/α,β-unsaturated/α-hetero) is 1. The lowest BCUT2D eigenvalue weighted by molar-refractivity contribution is 0.0843. The average molecular weight is 300 g/mol. The standard InChI is InChI=1S/C15H16N4O3/c1-8-12(10(3)20)9(2)17-13(8)15(22)19-18-14(21)11-5-4-6-16-7-11/h4-7,17H,1-3H3,(H,18,21)(H,19,22). The molecule has 2 heterocycles. The number of amides is 2. The highest BCUT2D eigenvalue weighted by atomic mass is 16.2. The predicted molar refractivity (Wildman–Crippen MR) is 79.4 cm³/mol. The maximum Gasteiger partial charge on any atom is 0.286 e. The van der Waals surface area contributed by atoms with E-state index in [-0.39, 0.29) is 11.5 Å². The van der Waals surface area contributed by atoms with Crippen molar-refractivity contribution in [2.75, 3.05) is 0 Å². The van der Waals surface area contributed by atoms with Gasteiger partial charge in [-0.3, -0.25) is 30.2 Å². The van der Waals surface area contributed by atoms with Crippen LogP contribution in [0.3, 0.4) is 0 Å². The number of nitrogens with one attached hydrogen (secondary N) is 3. The number of rotatable bonds is 3. The van der Waals surface area contributed by atoms with Gasteiger partial charge in [-0.2, -0.15) is 0 Å². The molecule has 2 rings (SSSR count). The zero-order valence-corrected chi connectivity index (χ0v) is 12.5. The van der Waals surface area contributed by atoms with Crippen molar-refractivity contribution in [3.05, 3.63) is 52.6 Å². The first-order valence-electron chi connectivity index (χ1n) is 6.62. The van der Waals surface area contributed by atoms with Crippen molar-refractivity contribution in [3.8, 4) is 0 Å². The summed E-state index contributed by atoms with van der Waals surface area (Å²) in [5, 5.41) is 0. The molecule has 0 bridgehead atoms. The average Bonchev–Trinajstić information content (AvgIpc) is 2.80. The SMILES string of the molecule is CC(=O)c1c(C)[nH]c(C(=O)NNC(=O)c2cccnc2)c1C. The fourth-order valence-corrected chi connectivity index (χ4v) is 2.25. The lowest BCUT2D eigenvalue weighted by Crippen LogP contribution is -2.42. The minimum absolute atomic E-state index is 0.121. The van der Waals surface area contributed by atoms with Gasteiger partial charge in [0, 0.05) is 23.7 Å². The Labute approximate surface area is 127 Å². The second kappa shape index (κ2) is 6.21. The molecule has 7 nitrogen and oxygen atoms in total. The lowest BCUT2D eigenvalue weighted by atomic mass is 10.1. The number of aromatic nitrogens is 2. The molecule has 0 aromatic carbocycles. The molecule has 0 radical (unpaired) electrons. The van der Waals surface area contributed by atoms with E-state index in [4.69, 9.17) is 0 Å². The van der Waals surface area contributed by atoms with E-state index in [9.17, 15) is 14.4 Å². The fourth-order valence-electron chi connectivity index (χ4n) is 2.25. The molecule has 2 amide bonds. The van der Waals surface area contributed by atoms with Crippen molar-refractivity contribution in [2.24, 2.45) is 0 Å². The molecule has 0 fully saturated rings. The van der Waals surface area contributed by atoms with E-state index < -0.39 is 11.8 Å². The molecule has 7 heteroatoms. The fraction of sp³-hybridized carbons (Fsp3) is 0.200. The van der Waals surface area contributed by atoms with E-state index >= 15 is 0 Å². The summed E-state index contributed by atoms with van der Waals surface area (Å²) in [5.41, 5.74) is 6.84. The number of carbonyl (C=O) groups is 3. The molecule has 0 aliphatic rings. The van der Waals surface area contributed by atoms with Gasteiger partial charge in [0.25, 0.3) is 11.8 Å². The molecule has 22 heavy (non-hydrogen) atoms. The highest BCUT2D eigenvalue weighted by Gasteiger charge is 2.20. The molecule has 0 aliphatic heterocycles. The van der Waals surface area contributed by atoms with Crippen LogP contribution >= 0.6 is 0 Å². The number of aromatic amines is 1. The van der Waals surface area contributed by atoms with Crippen LogP contribution in [0.4, 0.5) is 0 Å². The van der Waals surface area contributed by atoms with E-state index in [2.05, 4.69) is 20.8 Å². The Balaban J connectivity index is 2.09. The molecular weight excluding hydrogens is 284 g/mol. The first-order chi connectivity index (χ1) is 10.4. The van der Waals surface area contributed by atoms with Crippen LogP contribution in [0.5, 0.6) is 0 Å². The number of nitrogens with zero attached hydrogens (tertiary/aromatic N) is 1. The minimum Gasteiger partial charge on any atom is -0.354 e. The summed E-state index contributed by atoms with van der Waals surface area (Å²) in [6, 6.07) is 3.20. The van der Waals surface area contributed by atoms with Crippen LogP contribution < -0.4 is 10.9 Å². The van der Waals surface area contributed by atoms with Crippen LogP contribution in [0.2, 0.25) is 0 Å². The van der Waals surface area contributed by atoms with Crippen molar-refractivity contribution in [1.29, 1.82) is 0 Å². The van der Waals surface area contributed by atoms with E-state index in [0.717, 1.165) is 0 Å². The summed E-state index contributed by atoms with van der Waals surface area (Å²) < 4.78 is 0. The summed E-state index contributed by atoms with van der Waals surface area (Å²) >= 11 is 0. The molecule has 0 spiro atoms. The normalized spacial score (nSPS) is 10.1. The van der Waals surface area contributed by atoms with Gasteiger partial charge in [0.05, 0.1) is 5.56 Å². The van der Waals surface area contributed by atoms with Crippen LogP contribution in [0.15, 0.2) is 24.5 Å². The van der Waals surface area contributed by atoms with Gasteiger partial charge in [0.2, 0.25) is 0 Å². The van der Waals surface area contributed by atoms with E-state index in [1.54, 1.807) is 32.2 Å². The zero-order chi connectivity index (χ0) is 16.3. The number of aryl methyl sites for hydroxylation is 1. The third-order valence-corrected chi connectivity index (χ3v) is 3.23. The number of ketones is 1. The van der Waals surface area contributed by atoms with Crippen molar-refractivity contribution >= 4 is 17.6 Å². The number of hydrogen-bond donors (Lipinski definition) is 3. The molecule has 114 valence electrons. The Morgan fingerprint density at radius 1 is 1.14 bits per heavy atom. The third-order valence-electron chi connectivity index (χ3n) is 3.23. The van der Waals surface area contributed by atoms with E-state index in [0.29, 0.717) is 22.4 Å². The number of carbonyl (C=O) groups excluding carboxylic acids is 3. The van der Waals surface area contributed by atoms with Gasteiger partial charge in [0.1, 0.15) is 5.69 Å².